The van der Waals surface area contributed by atoms with E-state index in [2.05, 4.69) is 5.32 Å². The molecule has 8 heteroatoms. The van der Waals surface area contributed by atoms with E-state index in [1.165, 1.54) is 34.1 Å². The number of hydrogen-bond acceptors (Lipinski definition) is 7. The second-order valence-corrected chi connectivity index (χ2v) is 6.06. The van der Waals surface area contributed by atoms with Gasteiger partial charge in [-0.05, 0) is 38.1 Å². The van der Waals surface area contributed by atoms with Crippen LogP contribution in [0, 0.1) is 0 Å². The van der Waals surface area contributed by atoms with E-state index in [1.54, 1.807) is 36.4 Å². The van der Waals surface area contributed by atoms with Crippen LogP contribution in [0.25, 0.3) is 0 Å². The molecule has 0 unspecified atom stereocenters. The van der Waals surface area contributed by atoms with Gasteiger partial charge in [-0.3, -0.25) is 9.59 Å². The number of amides is 1. The summed E-state index contributed by atoms with van der Waals surface area (Å²) in [6.07, 6.45) is -1.04. The Kier molecular flexibility index (Phi) is 7.59. The minimum Gasteiger partial charge on any atom is -0.493 e. The van der Waals surface area contributed by atoms with Crippen molar-refractivity contribution in [3.05, 3.63) is 48.0 Å². The van der Waals surface area contributed by atoms with Gasteiger partial charge in [0.1, 0.15) is 5.75 Å². The lowest BCUT2D eigenvalue weighted by molar-refractivity contribution is -0.155. The number of ketones is 1. The molecule has 0 heterocycles. The predicted octanol–water partition coefficient (Wildman–Crippen LogP) is 2.86. The van der Waals surface area contributed by atoms with E-state index in [9.17, 15) is 14.4 Å². The Morgan fingerprint density at radius 2 is 1.72 bits per heavy atom. The third-order valence-electron chi connectivity index (χ3n) is 3.93. The van der Waals surface area contributed by atoms with E-state index in [0.29, 0.717) is 28.5 Å². The number of Topliss-reactive ketones (excluding diaryl/α,β-unsaturated/α-hetero) is 1. The van der Waals surface area contributed by atoms with Crippen LogP contribution in [0.15, 0.2) is 42.5 Å². The number of rotatable bonds is 9. The number of nitrogens with one attached hydrogen (secondary N) is 1. The summed E-state index contributed by atoms with van der Waals surface area (Å²) in [5, 5.41) is 2.64. The Hall–Kier alpha value is -3.55. The van der Waals surface area contributed by atoms with Gasteiger partial charge < -0.3 is 24.3 Å². The number of benzene rings is 2. The zero-order valence-corrected chi connectivity index (χ0v) is 16.7. The van der Waals surface area contributed by atoms with E-state index in [1.807, 2.05) is 0 Å². The topological polar surface area (TPSA) is 100 Å². The fourth-order valence-corrected chi connectivity index (χ4v) is 2.39. The minimum atomic E-state index is -1.04. The molecule has 1 N–H and O–H groups in total. The first-order valence-corrected chi connectivity index (χ1v) is 8.80. The molecule has 29 heavy (non-hydrogen) atoms. The standard InChI is InChI=1S/C21H23NO7/c1-13(23)15-6-5-7-17(10-15)28-12-20(24)29-14(2)21(25)22-16-8-9-18(26-3)19(11-16)27-4/h5-11,14H,12H2,1-4H3,(H,22,25)/t14-/m0/s1. The first-order chi connectivity index (χ1) is 13.8. The average molecular weight is 401 g/mol. The molecule has 0 saturated carbocycles. The molecule has 154 valence electrons. The van der Waals surface area contributed by atoms with Crippen molar-refractivity contribution >= 4 is 23.3 Å². The van der Waals surface area contributed by atoms with Crippen molar-refractivity contribution in [1.29, 1.82) is 0 Å². The van der Waals surface area contributed by atoms with Crippen LogP contribution < -0.4 is 19.5 Å². The molecule has 2 aromatic rings. The van der Waals surface area contributed by atoms with Gasteiger partial charge in [-0.15, -0.1) is 0 Å². The van der Waals surface area contributed by atoms with Crippen molar-refractivity contribution in [3.8, 4) is 17.2 Å². The molecule has 2 aromatic carbocycles. The van der Waals surface area contributed by atoms with Crippen LogP contribution in [0.2, 0.25) is 0 Å². The summed E-state index contributed by atoms with van der Waals surface area (Å²) < 4.78 is 20.7. The average Bonchev–Trinajstić information content (AvgIpc) is 2.72. The van der Waals surface area contributed by atoms with Crippen LogP contribution in [-0.4, -0.2) is 44.6 Å². The predicted molar refractivity (Wildman–Crippen MR) is 106 cm³/mol. The fourth-order valence-electron chi connectivity index (χ4n) is 2.39. The Balaban J connectivity index is 1.88. The normalized spacial score (nSPS) is 11.2. The number of methoxy groups -OCH3 is 2. The second-order valence-electron chi connectivity index (χ2n) is 6.06. The highest BCUT2D eigenvalue weighted by Gasteiger charge is 2.19. The van der Waals surface area contributed by atoms with Crippen LogP contribution in [0.4, 0.5) is 5.69 Å². The van der Waals surface area contributed by atoms with Crippen LogP contribution in [0.5, 0.6) is 17.2 Å². The molecule has 0 spiro atoms. The molecule has 0 fully saturated rings. The molecule has 0 bridgehead atoms. The van der Waals surface area contributed by atoms with Gasteiger partial charge >= 0.3 is 5.97 Å². The molecule has 0 aliphatic carbocycles. The summed E-state index contributed by atoms with van der Waals surface area (Å²) in [6.45, 7) is 2.49. The van der Waals surface area contributed by atoms with Crippen LogP contribution in [-0.2, 0) is 14.3 Å². The quantitative estimate of drug-likeness (QED) is 0.509. The molecule has 1 amide bonds. The molecule has 0 aliphatic heterocycles. The highest BCUT2D eigenvalue weighted by atomic mass is 16.6. The zero-order valence-electron chi connectivity index (χ0n) is 16.7. The second kappa shape index (κ2) is 10.1. The number of esters is 1. The van der Waals surface area contributed by atoms with Gasteiger partial charge in [-0.1, -0.05) is 12.1 Å². The molecule has 0 saturated heterocycles. The smallest absolute Gasteiger partial charge is 0.344 e. The van der Waals surface area contributed by atoms with Gasteiger partial charge in [-0.25, -0.2) is 4.79 Å². The first-order valence-electron chi connectivity index (χ1n) is 8.80. The number of anilines is 1. The molecular weight excluding hydrogens is 378 g/mol. The van der Waals surface area contributed by atoms with Crippen LogP contribution in [0.1, 0.15) is 24.2 Å². The summed E-state index contributed by atoms with van der Waals surface area (Å²) >= 11 is 0. The van der Waals surface area contributed by atoms with Gasteiger partial charge in [0.15, 0.2) is 30.0 Å². The summed E-state index contributed by atoms with van der Waals surface area (Å²) in [5.41, 5.74) is 0.936. The molecule has 0 aliphatic rings. The number of carbonyl (C=O) groups excluding carboxylic acids is 3. The lowest BCUT2D eigenvalue weighted by Gasteiger charge is -2.15. The third-order valence-corrected chi connectivity index (χ3v) is 3.93. The van der Waals surface area contributed by atoms with Gasteiger partial charge in [0.05, 0.1) is 14.2 Å². The molecule has 1 atom stereocenters. The summed E-state index contributed by atoms with van der Waals surface area (Å²) in [5.74, 6) is 0.00000621. The maximum atomic E-state index is 12.3. The fraction of sp³-hybridized carbons (Fsp3) is 0.286. The van der Waals surface area contributed by atoms with Crippen molar-refractivity contribution in [2.24, 2.45) is 0 Å². The van der Waals surface area contributed by atoms with Crippen molar-refractivity contribution in [2.75, 3.05) is 26.1 Å². The number of hydrogen-bond donors (Lipinski definition) is 1. The van der Waals surface area contributed by atoms with Crippen molar-refractivity contribution in [2.45, 2.75) is 20.0 Å². The van der Waals surface area contributed by atoms with Crippen molar-refractivity contribution in [3.63, 3.8) is 0 Å². The molecule has 0 radical (unpaired) electrons. The largest absolute Gasteiger partial charge is 0.493 e. The molecule has 2 rings (SSSR count). The Bertz CT molecular complexity index is 894. The summed E-state index contributed by atoms with van der Waals surface area (Å²) in [6, 6.07) is 11.3. The van der Waals surface area contributed by atoms with E-state index >= 15 is 0 Å². The Morgan fingerprint density at radius 3 is 2.38 bits per heavy atom. The zero-order chi connectivity index (χ0) is 21.4. The maximum Gasteiger partial charge on any atom is 0.344 e. The van der Waals surface area contributed by atoms with Crippen LogP contribution >= 0.6 is 0 Å². The highest BCUT2D eigenvalue weighted by Crippen LogP contribution is 2.29. The monoisotopic (exact) mass is 401 g/mol. The van der Waals surface area contributed by atoms with E-state index < -0.39 is 24.6 Å². The summed E-state index contributed by atoms with van der Waals surface area (Å²) in [7, 11) is 3.00. The maximum absolute atomic E-state index is 12.3. The SMILES string of the molecule is COc1ccc(NC(=O)[C@H](C)OC(=O)COc2cccc(C(C)=O)c2)cc1OC. The van der Waals surface area contributed by atoms with E-state index in [4.69, 9.17) is 18.9 Å². The van der Waals surface area contributed by atoms with E-state index in [0.717, 1.165) is 0 Å². The number of ether oxygens (including phenoxy) is 4. The molecular formula is C21H23NO7. The lowest BCUT2D eigenvalue weighted by atomic mass is 10.1. The minimum absolute atomic E-state index is 0.113. The van der Waals surface area contributed by atoms with E-state index in [-0.39, 0.29) is 5.78 Å². The van der Waals surface area contributed by atoms with Gasteiger partial charge in [0.25, 0.3) is 5.91 Å². The Morgan fingerprint density at radius 1 is 1.00 bits per heavy atom. The highest BCUT2D eigenvalue weighted by molar-refractivity contribution is 5.95. The number of carbonyl (C=O) groups is 3. The van der Waals surface area contributed by atoms with Crippen molar-refractivity contribution < 1.29 is 33.3 Å². The Labute approximate surface area is 168 Å². The van der Waals surface area contributed by atoms with Crippen molar-refractivity contribution in [1.82, 2.24) is 0 Å². The third kappa shape index (κ3) is 6.24. The van der Waals surface area contributed by atoms with Gasteiger partial charge in [-0.2, -0.15) is 0 Å². The van der Waals surface area contributed by atoms with Gasteiger partial charge in [0, 0.05) is 17.3 Å². The molecule has 8 nitrogen and oxygen atoms in total. The first kappa shape index (κ1) is 21.7. The lowest BCUT2D eigenvalue weighted by Crippen LogP contribution is -2.31. The van der Waals surface area contributed by atoms with Gasteiger partial charge in [0.2, 0.25) is 0 Å². The summed E-state index contributed by atoms with van der Waals surface area (Å²) in [4.78, 5) is 35.6. The van der Waals surface area contributed by atoms with Crippen LogP contribution in [0.3, 0.4) is 0 Å². The molecule has 0 aromatic heterocycles.